The standard InChI is InChI=1S/C21H22Cl2FN5O6S2/c1-2-36(32,33)17-4-3-12(22)5-11(17)7-29-20(30)14-6-16(24)15(18(23)19(14)26-21(29)31)10-28-8-13(9-28)27-37(25,34)35/h3-6,13,27H,2,7-10H2,1H3,(H,26,31)(H2,25,34,35). The fourth-order valence-electron chi connectivity index (χ4n) is 4.18. The van der Waals surface area contributed by atoms with E-state index in [0.29, 0.717) is 0 Å². The topological polar surface area (TPSA) is 164 Å². The maximum Gasteiger partial charge on any atom is 0.329 e. The molecule has 0 radical (unpaired) electrons. The molecule has 3 aromatic rings. The van der Waals surface area contributed by atoms with Gasteiger partial charge in [-0.3, -0.25) is 14.3 Å². The summed E-state index contributed by atoms with van der Waals surface area (Å²) >= 11 is 12.4. The fourth-order valence-corrected chi connectivity index (χ4v) is 6.40. The summed E-state index contributed by atoms with van der Waals surface area (Å²) in [5.41, 5.74) is -1.67. The monoisotopic (exact) mass is 593 g/mol. The van der Waals surface area contributed by atoms with Crippen molar-refractivity contribution in [3.8, 4) is 0 Å². The second-order valence-electron chi connectivity index (χ2n) is 8.60. The van der Waals surface area contributed by atoms with Gasteiger partial charge >= 0.3 is 5.69 Å². The summed E-state index contributed by atoms with van der Waals surface area (Å²) in [6.45, 7) is 1.54. The Hall–Kier alpha value is -2.33. The van der Waals surface area contributed by atoms with Crippen LogP contribution >= 0.6 is 23.2 Å². The van der Waals surface area contributed by atoms with Crippen LogP contribution in [0.25, 0.3) is 10.9 Å². The average molecular weight is 594 g/mol. The number of aromatic nitrogens is 2. The van der Waals surface area contributed by atoms with Gasteiger partial charge in [0.2, 0.25) is 0 Å². The molecule has 11 nitrogen and oxygen atoms in total. The lowest BCUT2D eigenvalue weighted by Crippen LogP contribution is -2.59. The molecule has 0 bridgehead atoms. The first-order chi connectivity index (χ1) is 17.2. The predicted octanol–water partition coefficient (Wildman–Crippen LogP) is 0.955. The Labute approximate surface area is 221 Å². The Morgan fingerprint density at radius 2 is 1.81 bits per heavy atom. The first kappa shape index (κ1) is 27.7. The summed E-state index contributed by atoms with van der Waals surface area (Å²) in [7, 11) is -7.56. The van der Waals surface area contributed by atoms with Crippen LogP contribution in [-0.2, 0) is 33.1 Å². The Bertz CT molecular complexity index is 1730. The number of nitrogens with two attached hydrogens (primary N) is 1. The largest absolute Gasteiger partial charge is 0.329 e. The quantitative estimate of drug-likeness (QED) is 0.350. The van der Waals surface area contributed by atoms with E-state index in [0.717, 1.165) is 10.6 Å². The highest BCUT2D eigenvalue weighted by molar-refractivity contribution is 7.91. The number of H-pyrrole nitrogens is 1. The lowest BCUT2D eigenvalue weighted by atomic mass is 10.1. The van der Waals surface area contributed by atoms with Crippen molar-refractivity contribution in [2.45, 2.75) is 31.0 Å². The van der Waals surface area contributed by atoms with E-state index < -0.39 is 49.7 Å². The molecule has 0 spiro atoms. The second-order valence-corrected chi connectivity index (χ2v) is 13.0. The van der Waals surface area contributed by atoms with Crippen LogP contribution in [0.1, 0.15) is 18.1 Å². The molecule has 0 amide bonds. The van der Waals surface area contributed by atoms with Gasteiger partial charge in [0.25, 0.3) is 15.8 Å². The van der Waals surface area contributed by atoms with Crippen LogP contribution in [-0.4, -0.2) is 56.2 Å². The molecule has 2 aromatic carbocycles. The fraction of sp³-hybridized carbons (Fsp3) is 0.333. The lowest BCUT2D eigenvalue weighted by Gasteiger charge is -2.39. The molecule has 4 rings (SSSR count). The minimum Gasteiger partial charge on any atom is -0.305 e. The molecule has 1 aromatic heterocycles. The molecule has 0 saturated carbocycles. The van der Waals surface area contributed by atoms with Gasteiger partial charge in [0.05, 0.1) is 33.1 Å². The van der Waals surface area contributed by atoms with E-state index in [1.165, 1.54) is 25.1 Å². The van der Waals surface area contributed by atoms with E-state index in [9.17, 15) is 26.4 Å². The Morgan fingerprint density at radius 3 is 2.43 bits per heavy atom. The summed E-state index contributed by atoms with van der Waals surface area (Å²) in [4.78, 5) is 30.2. The summed E-state index contributed by atoms with van der Waals surface area (Å²) in [6, 6.07) is 4.56. The Balaban J connectivity index is 1.71. The van der Waals surface area contributed by atoms with Crippen molar-refractivity contribution in [1.29, 1.82) is 0 Å². The molecule has 1 fully saturated rings. The number of rotatable bonds is 8. The van der Waals surface area contributed by atoms with E-state index in [-0.39, 0.29) is 62.4 Å². The molecule has 0 atom stereocenters. The van der Waals surface area contributed by atoms with E-state index >= 15 is 4.39 Å². The molecule has 1 saturated heterocycles. The van der Waals surface area contributed by atoms with E-state index in [1.54, 1.807) is 4.90 Å². The van der Waals surface area contributed by atoms with Crippen molar-refractivity contribution < 1.29 is 21.2 Å². The molecule has 200 valence electrons. The zero-order valence-electron chi connectivity index (χ0n) is 19.3. The number of nitrogens with one attached hydrogen (secondary N) is 2. The highest BCUT2D eigenvalue weighted by Crippen LogP contribution is 2.29. The SMILES string of the molecule is CCS(=O)(=O)c1ccc(Cl)cc1Cn1c(=O)[nH]c2c(Cl)c(CN3CC(NS(N)(=O)=O)C3)c(F)cc2c1=O. The van der Waals surface area contributed by atoms with Crippen molar-refractivity contribution in [2.75, 3.05) is 18.8 Å². The van der Waals surface area contributed by atoms with E-state index in [4.69, 9.17) is 28.3 Å². The van der Waals surface area contributed by atoms with Crippen molar-refractivity contribution >= 4 is 54.2 Å². The van der Waals surface area contributed by atoms with Crippen LogP contribution < -0.4 is 21.1 Å². The molecular weight excluding hydrogens is 572 g/mol. The van der Waals surface area contributed by atoms with Gasteiger partial charge in [-0.1, -0.05) is 30.1 Å². The van der Waals surface area contributed by atoms with Crippen molar-refractivity contribution in [3.05, 3.63) is 72.1 Å². The third-order valence-corrected chi connectivity index (χ3v) is 9.14. The number of halogens is 3. The third kappa shape index (κ3) is 5.74. The van der Waals surface area contributed by atoms with Crippen molar-refractivity contribution in [3.63, 3.8) is 0 Å². The van der Waals surface area contributed by atoms with Crippen LogP contribution in [0.3, 0.4) is 0 Å². The zero-order chi connectivity index (χ0) is 27.3. The van der Waals surface area contributed by atoms with Crippen LogP contribution in [0.2, 0.25) is 10.0 Å². The summed E-state index contributed by atoms with van der Waals surface area (Å²) < 4.78 is 65.3. The number of fused-ring (bicyclic) bond motifs is 1. The molecule has 1 aliphatic heterocycles. The molecule has 0 aliphatic carbocycles. The minimum atomic E-state index is -3.87. The van der Waals surface area contributed by atoms with Crippen LogP contribution in [0, 0.1) is 5.82 Å². The molecule has 4 N–H and O–H groups in total. The van der Waals surface area contributed by atoms with Gasteiger partial charge in [-0.25, -0.2) is 22.7 Å². The lowest BCUT2D eigenvalue weighted by molar-refractivity contribution is 0.131. The summed E-state index contributed by atoms with van der Waals surface area (Å²) in [5, 5.41) is 4.78. The van der Waals surface area contributed by atoms with Crippen molar-refractivity contribution in [1.82, 2.24) is 19.2 Å². The molecule has 37 heavy (non-hydrogen) atoms. The van der Waals surface area contributed by atoms with E-state index in [2.05, 4.69) is 9.71 Å². The molecular formula is C21H22Cl2FN5O6S2. The molecule has 1 aliphatic rings. The number of aromatic amines is 1. The van der Waals surface area contributed by atoms with Gasteiger partial charge in [0.1, 0.15) is 5.82 Å². The maximum absolute atomic E-state index is 15.0. The molecule has 16 heteroatoms. The Kier molecular flexibility index (Phi) is 7.56. The van der Waals surface area contributed by atoms with Gasteiger partial charge in [-0.2, -0.15) is 13.1 Å². The van der Waals surface area contributed by atoms with Crippen LogP contribution in [0.4, 0.5) is 4.39 Å². The number of hydrogen-bond acceptors (Lipinski definition) is 7. The second kappa shape index (κ2) is 10.1. The third-order valence-electron chi connectivity index (χ3n) is 6.00. The Morgan fingerprint density at radius 1 is 1.14 bits per heavy atom. The van der Waals surface area contributed by atoms with Crippen LogP contribution in [0.15, 0.2) is 38.8 Å². The zero-order valence-corrected chi connectivity index (χ0v) is 22.4. The summed E-state index contributed by atoms with van der Waals surface area (Å²) in [6.07, 6.45) is 0. The first-order valence-corrected chi connectivity index (χ1v) is 14.8. The highest BCUT2D eigenvalue weighted by Gasteiger charge is 2.31. The number of likely N-dealkylation sites (tertiary alicyclic amines) is 1. The maximum atomic E-state index is 15.0. The minimum absolute atomic E-state index is 0.00469. The average Bonchev–Trinajstić information content (AvgIpc) is 2.77. The van der Waals surface area contributed by atoms with Crippen LogP contribution in [0.5, 0.6) is 0 Å². The molecule has 0 unspecified atom stereocenters. The number of nitrogens with zero attached hydrogens (tertiary/aromatic N) is 2. The van der Waals surface area contributed by atoms with Gasteiger partial charge < -0.3 is 4.98 Å². The summed E-state index contributed by atoms with van der Waals surface area (Å²) in [5.74, 6) is -1.00. The van der Waals surface area contributed by atoms with E-state index in [1.807, 2.05) is 0 Å². The first-order valence-electron chi connectivity index (χ1n) is 10.9. The highest BCUT2D eigenvalue weighted by atomic mass is 35.5. The normalized spacial score (nSPS) is 15.3. The number of sulfone groups is 1. The smallest absolute Gasteiger partial charge is 0.305 e. The molecule has 2 heterocycles. The number of hydrogen-bond donors (Lipinski definition) is 3. The number of benzene rings is 2. The predicted molar refractivity (Wildman–Crippen MR) is 137 cm³/mol. The van der Waals surface area contributed by atoms with Gasteiger partial charge in [-0.05, 0) is 29.8 Å². The van der Waals surface area contributed by atoms with Gasteiger partial charge in [-0.15, -0.1) is 0 Å². The van der Waals surface area contributed by atoms with Gasteiger partial charge in [0, 0.05) is 36.3 Å². The van der Waals surface area contributed by atoms with Gasteiger partial charge in [0.15, 0.2) is 9.84 Å². The van der Waals surface area contributed by atoms with Crippen molar-refractivity contribution in [2.24, 2.45) is 5.14 Å².